The van der Waals surface area contributed by atoms with E-state index < -0.39 is 10.0 Å². The summed E-state index contributed by atoms with van der Waals surface area (Å²) in [5, 5.41) is 6.44. The first-order valence-electron chi connectivity index (χ1n) is 11.0. The summed E-state index contributed by atoms with van der Waals surface area (Å²) in [6.07, 6.45) is 1.00. The van der Waals surface area contributed by atoms with Crippen LogP contribution >= 0.6 is 0 Å². The van der Waals surface area contributed by atoms with E-state index in [1.807, 2.05) is 30.3 Å². The van der Waals surface area contributed by atoms with Crippen molar-refractivity contribution in [1.82, 2.24) is 14.5 Å². The van der Waals surface area contributed by atoms with Crippen molar-refractivity contribution in [2.45, 2.75) is 23.9 Å². The molecule has 0 aliphatic carbocycles. The lowest BCUT2D eigenvalue weighted by molar-refractivity contribution is -0.122. The maximum absolute atomic E-state index is 12.7. The highest BCUT2D eigenvalue weighted by molar-refractivity contribution is 7.89. The predicted molar refractivity (Wildman–Crippen MR) is 123 cm³/mol. The fourth-order valence-electron chi connectivity index (χ4n) is 4.04. The molecule has 32 heavy (non-hydrogen) atoms. The van der Waals surface area contributed by atoms with Crippen molar-refractivity contribution in [3.05, 3.63) is 60.2 Å². The Hall–Kier alpha value is -2.46. The van der Waals surface area contributed by atoms with Gasteiger partial charge in [-0.1, -0.05) is 30.3 Å². The first kappa shape index (κ1) is 22.7. The maximum Gasteiger partial charge on any atom is 0.243 e. The van der Waals surface area contributed by atoms with Crippen LogP contribution in [0, 0.1) is 0 Å². The Morgan fingerprint density at radius 1 is 1.00 bits per heavy atom. The lowest BCUT2D eigenvalue weighted by Crippen LogP contribution is -2.40. The molecule has 2 saturated heterocycles. The molecule has 2 heterocycles. The van der Waals surface area contributed by atoms with E-state index in [9.17, 15) is 13.2 Å². The molecule has 0 saturated carbocycles. The third-order valence-electron chi connectivity index (χ3n) is 5.81. The van der Waals surface area contributed by atoms with Gasteiger partial charge in [0.05, 0.1) is 24.7 Å². The van der Waals surface area contributed by atoms with Crippen molar-refractivity contribution in [3.63, 3.8) is 0 Å². The van der Waals surface area contributed by atoms with Crippen LogP contribution in [0.25, 0.3) is 0 Å². The van der Waals surface area contributed by atoms with Crippen LogP contribution in [0.15, 0.2) is 59.5 Å². The lowest BCUT2D eigenvalue weighted by atomic mass is 10.2. The van der Waals surface area contributed by atoms with Crippen molar-refractivity contribution >= 4 is 21.6 Å². The standard InChI is InChI=1S/C23H30N4O4S/c28-23(18-26-11-10-21(17-26)25-20-4-2-1-3-5-20)24-16-19-6-8-22(9-7-19)32(29,30)27-12-14-31-15-13-27/h1-9,21,25H,10-18H2,(H,24,28). The normalized spacial score (nSPS) is 20.2. The van der Waals surface area contributed by atoms with E-state index in [1.54, 1.807) is 24.3 Å². The van der Waals surface area contributed by atoms with E-state index >= 15 is 0 Å². The number of hydrogen-bond acceptors (Lipinski definition) is 6. The van der Waals surface area contributed by atoms with Gasteiger partial charge in [0, 0.05) is 44.5 Å². The number of carbonyl (C=O) groups excluding carboxylic acids is 1. The molecule has 1 atom stereocenters. The number of hydrogen-bond donors (Lipinski definition) is 2. The Bertz CT molecular complexity index is 992. The van der Waals surface area contributed by atoms with Crippen LogP contribution in [0.4, 0.5) is 5.69 Å². The zero-order valence-electron chi connectivity index (χ0n) is 18.1. The highest BCUT2D eigenvalue weighted by Gasteiger charge is 2.26. The van der Waals surface area contributed by atoms with Gasteiger partial charge in [0.25, 0.3) is 0 Å². The average Bonchev–Trinajstić information content (AvgIpc) is 3.25. The Labute approximate surface area is 189 Å². The molecule has 0 radical (unpaired) electrons. The third kappa shape index (κ3) is 5.86. The number of morpholine rings is 1. The predicted octanol–water partition coefficient (Wildman–Crippen LogP) is 1.51. The maximum atomic E-state index is 12.7. The van der Waals surface area contributed by atoms with Gasteiger partial charge in [-0.15, -0.1) is 0 Å². The van der Waals surface area contributed by atoms with Crippen LogP contribution in [-0.4, -0.2) is 75.5 Å². The molecule has 1 amide bonds. The van der Waals surface area contributed by atoms with Gasteiger partial charge >= 0.3 is 0 Å². The SMILES string of the molecule is O=C(CN1CCC(Nc2ccccc2)C1)NCc1ccc(S(=O)(=O)N2CCOCC2)cc1. The van der Waals surface area contributed by atoms with Crippen molar-refractivity contribution in [3.8, 4) is 0 Å². The van der Waals surface area contributed by atoms with Gasteiger partial charge in [-0.25, -0.2) is 8.42 Å². The number of likely N-dealkylation sites (tertiary alicyclic amines) is 1. The van der Waals surface area contributed by atoms with Gasteiger partial charge in [0.1, 0.15) is 0 Å². The number of nitrogens with one attached hydrogen (secondary N) is 2. The number of nitrogens with zero attached hydrogens (tertiary/aromatic N) is 2. The molecule has 2 aliphatic rings. The van der Waals surface area contributed by atoms with Crippen molar-refractivity contribution in [2.75, 3.05) is 51.3 Å². The summed E-state index contributed by atoms with van der Waals surface area (Å²) in [6, 6.07) is 17.2. The molecule has 2 N–H and O–H groups in total. The van der Waals surface area contributed by atoms with Crippen LogP contribution in [0.1, 0.15) is 12.0 Å². The number of rotatable bonds is 8. The number of anilines is 1. The Morgan fingerprint density at radius 2 is 1.72 bits per heavy atom. The molecule has 2 aromatic carbocycles. The molecule has 2 fully saturated rings. The quantitative estimate of drug-likeness (QED) is 0.623. The molecule has 0 aromatic heterocycles. The van der Waals surface area contributed by atoms with Gasteiger partial charge in [-0.2, -0.15) is 4.31 Å². The van der Waals surface area contributed by atoms with E-state index in [0.29, 0.717) is 45.4 Å². The second-order valence-corrected chi connectivity index (χ2v) is 10.1. The number of amides is 1. The van der Waals surface area contributed by atoms with Crippen LogP contribution in [-0.2, 0) is 26.1 Å². The molecule has 9 heteroatoms. The summed E-state index contributed by atoms with van der Waals surface area (Å²) in [5.74, 6) is -0.0321. The molecular formula is C23H30N4O4S. The lowest BCUT2D eigenvalue weighted by Gasteiger charge is -2.26. The first-order valence-corrected chi connectivity index (χ1v) is 12.4. The second-order valence-electron chi connectivity index (χ2n) is 8.17. The van der Waals surface area contributed by atoms with Crippen molar-refractivity contribution < 1.29 is 17.9 Å². The fourth-order valence-corrected chi connectivity index (χ4v) is 5.45. The highest BCUT2D eigenvalue weighted by Crippen LogP contribution is 2.18. The molecule has 8 nitrogen and oxygen atoms in total. The van der Waals surface area contributed by atoms with E-state index in [1.165, 1.54) is 4.31 Å². The van der Waals surface area contributed by atoms with Gasteiger partial charge in [-0.3, -0.25) is 9.69 Å². The number of benzene rings is 2. The molecule has 0 bridgehead atoms. The monoisotopic (exact) mass is 458 g/mol. The van der Waals surface area contributed by atoms with Crippen LogP contribution in [0.2, 0.25) is 0 Å². The molecule has 2 aromatic rings. The van der Waals surface area contributed by atoms with E-state index in [4.69, 9.17) is 4.74 Å². The average molecular weight is 459 g/mol. The number of para-hydroxylation sites is 1. The molecule has 1 unspecified atom stereocenters. The first-order chi connectivity index (χ1) is 15.5. The summed E-state index contributed by atoms with van der Waals surface area (Å²) in [6.45, 7) is 4.03. The summed E-state index contributed by atoms with van der Waals surface area (Å²) >= 11 is 0. The van der Waals surface area contributed by atoms with Gasteiger partial charge in [-0.05, 0) is 36.2 Å². The van der Waals surface area contributed by atoms with E-state index in [0.717, 1.165) is 30.8 Å². The summed E-state index contributed by atoms with van der Waals surface area (Å²) < 4.78 is 32.1. The highest BCUT2D eigenvalue weighted by atomic mass is 32.2. The minimum Gasteiger partial charge on any atom is -0.381 e. The smallest absolute Gasteiger partial charge is 0.243 e. The summed E-state index contributed by atoms with van der Waals surface area (Å²) in [4.78, 5) is 14.8. The minimum absolute atomic E-state index is 0.0321. The number of ether oxygens (including phenoxy) is 1. The summed E-state index contributed by atoms with van der Waals surface area (Å²) in [5.41, 5.74) is 1.97. The van der Waals surface area contributed by atoms with Crippen LogP contribution in [0.5, 0.6) is 0 Å². The third-order valence-corrected chi connectivity index (χ3v) is 7.72. The van der Waals surface area contributed by atoms with Gasteiger partial charge in [0.2, 0.25) is 15.9 Å². The van der Waals surface area contributed by atoms with Gasteiger partial charge in [0.15, 0.2) is 0 Å². The Morgan fingerprint density at radius 3 is 2.44 bits per heavy atom. The zero-order valence-corrected chi connectivity index (χ0v) is 18.9. The Balaban J connectivity index is 1.22. The second kappa shape index (κ2) is 10.4. The number of carbonyl (C=O) groups is 1. The topological polar surface area (TPSA) is 91.0 Å². The van der Waals surface area contributed by atoms with Gasteiger partial charge < -0.3 is 15.4 Å². The molecule has 4 rings (SSSR count). The van der Waals surface area contributed by atoms with Crippen molar-refractivity contribution in [2.24, 2.45) is 0 Å². The van der Waals surface area contributed by atoms with Crippen molar-refractivity contribution in [1.29, 1.82) is 0 Å². The Kier molecular flexibility index (Phi) is 7.41. The molecule has 0 spiro atoms. The van der Waals surface area contributed by atoms with Crippen LogP contribution < -0.4 is 10.6 Å². The van der Waals surface area contributed by atoms with Crippen LogP contribution in [0.3, 0.4) is 0 Å². The zero-order chi connectivity index (χ0) is 22.4. The minimum atomic E-state index is -3.50. The number of sulfonamides is 1. The molecular weight excluding hydrogens is 428 g/mol. The molecule has 2 aliphatic heterocycles. The molecule has 172 valence electrons. The fraction of sp³-hybridized carbons (Fsp3) is 0.435. The summed E-state index contributed by atoms with van der Waals surface area (Å²) in [7, 11) is -3.50. The largest absolute Gasteiger partial charge is 0.381 e. The van der Waals surface area contributed by atoms with E-state index in [-0.39, 0.29) is 10.8 Å². The van der Waals surface area contributed by atoms with E-state index in [2.05, 4.69) is 15.5 Å².